The monoisotopic (exact) mass is 806 g/mol. The Morgan fingerprint density at radius 2 is 1.29 bits per heavy atom. The number of methoxy groups -OCH3 is 1. The first-order valence-corrected chi connectivity index (χ1v) is 20.2. The Morgan fingerprint density at radius 3 is 1.81 bits per heavy atom. The third-order valence-electron chi connectivity index (χ3n) is 11.9. The molecule has 4 aliphatic rings. The van der Waals surface area contributed by atoms with Crippen LogP contribution in [0.5, 0.6) is 0 Å². The van der Waals surface area contributed by atoms with Gasteiger partial charge in [-0.25, -0.2) is 19.6 Å². The molecular formula is C43H47ClN8O6. The minimum atomic E-state index is -1.22. The number of carbonyl (C=O) groups excluding carboxylic acids is 3. The number of imidazole rings is 2. The summed E-state index contributed by atoms with van der Waals surface area (Å²) in [5.74, 6) is 7.92. The first-order chi connectivity index (χ1) is 27.8. The summed E-state index contributed by atoms with van der Waals surface area (Å²) in [6.07, 6.45) is 3.39. The third kappa shape index (κ3) is 7.63. The number of carbonyl (C=O) groups is 4. The van der Waals surface area contributed by atoms with Crippen molar-refractivity contribution < 1.29 is 29.0 Å². The number of aromatic amines is 2. The van der Waals surface area contributed by atoms with Gasteiger partial charge < -0.3 is 40.2 Å². The zero-order valence-corrected chi connectivity index (χ0v) is 33.7. The first kappa shape index (κ1) is 39.0. The van der Waals surface area contributed by atoms with Gasteiger partial charge >= 0.3 is 12.2 Å². The molecule has 8 atom stereocenters. The summed E-state index contributed by atoms with van der Waals surface area (Å²) in [6.45, 7) is 7.47. The van der Waals surface area contributed by atoms with Crippen LogP contribution in [0.15, 0.2) is 54.7 Å². The number of nitrogens with one attached hydrogen (secondary N) is 4. The molecule has 4 aromatic rings. The first-order valence-electron chi connectivity index (χ1n) is 19.8. The lowest BCUT2D eigenvalue weighted by molar-refractivity contribution is -0.137. The summed E-state index contributed by atoms with van der Waals surface area (Å²) in [6, 6.07) is 13.7. The fourth-order valence-corrected chi connectivity index (χ4v) is 8.91. The smallest absolute Gasteiger partial charge is 0.407 e. The molecule has 2 aliphatic heterocycles. The molecule has 0 spiro atoms. The van der Waals surface area contributed by atoms with E-state index in [1.807, 2.05) is 81.1 Å². The van der Waals surface area contributed by atoms with Crippen LogP contribution in [0.2, 0.25) is 5.15 Å². The lowest BCUT2D eigenvalue weighted by Crippen LogP contribution is -2.52. The molecule has 4 heterocycles. The van der Waals surface area contributed by atoms with Gasteiger partial charge in [-0.1, -0.05) is 75.4 Å². The van der Waals surface area contributed by atoms with Gasteiger partial charge in [-0.15, -0.1) is 0 Å². The molecular weight excluding hydrogens is 760 g/mol. The van der Waals surface area contributed by atoms with Crippen LogP contribution in [-0.4, -0.2) is 90.1 Å². The van der Waals surface area contributed by atoms with Crippen molar-refractivity contribution in [1.29, 1.82) is 0 Å². The van der Waals surface area contributed by atoms with Gasteiger partial charge in [0.15, 0.2) is 0 Å². The van der Waals surface area contributed by atoms with E-state index in [9.17, 15) is 24.3 Å². The zero-order valence-electron chi connectivity index (χ0n) is 33.0. The molecule has 5 N–H and O–H groups in total. The molecule has 4 amide bonds. The van der Waals surface area contributed by atoms with Gasteiger partial charge in [0.25, 0.3) is 0 Å². The highest BCUT2D eigenvalue weighted by atomic mass is 35.5. The average Bonchev–Trinajstić information content (AvgIpc) is 3.85. The molecule has 0 unspecified atom stereocenters. The molecule has 58 heavy (non-hydrogen) atoms. The van der Waals surface area contributed by atoms with E-state index >= 15 is 0 Å². The lowest BCUT2D eigenvalue weighted by atomic mass is 10.0. The Labute approximate surface area is 341 Å². The van der Waals surface area contributed by atoms with Crippen LogP contribution in [0.25, 0.3) is 22.5 Å². The Bertz CT molecular complexity index is 2290. The quantitative estimate of drug-likeness (QED) is 0.112. The van der Waals surface area contributed by atoms with E-state index in [0.29, 0.717) is 28.5 Å². The molecule has 2 saturated heterocycles. The number of nitrogens with zero attached hydrogens (tertiary/aromatic N) is 4. The second-order valence-corrected chi connectivity index (χ2v) is 16.9. The maximum absolute atomic E-state index is 13.7. The van der Waals surface area contributed by atoms with Crippen LogP contribution >= 0.6 is 11.6 Å². The summed E-state index contributed by atoms with van der Waals surface area (Å²) >= 11 is 6.68. The topological polar surface area (TPSA) is 186 Å². The van der Waals surface area contributed by atoms with Gasteiger partial charge in [0, 0.05) is 28.8 Å². The van der Waals surface area contributed by atoms with Crippen molar-refractivity contribution in [3.05, 3.63) is 82.7 Å². The number of carboxylic acid groups (broad SMARTS) is 1. The van der Waals surface area contributed by atoms with E-state index in [0.717, 1.165) is 59.5 Å². The SMILES string of the molecule is COC(=O)N[C@H](C(=O)N1[C@@H]2C[C@H]2C[C@H]1c1ncc(-c2ccc(C#Cc3ccc(-c4nc([C@@H]5C[C@H]6C[C@H]6N5C(=O)[C@@H](NC(=O)O)C(C)C)[nH]c4Cl)cc3)cc2)[nH]1)C(C)C. The molecule has 8 rings (SSSR count). The van der Waals surface area contributed by atoms with Crippen LogP contribution < -0.4 is 10.6 Å². The molecule has 14 nitrogen and oxygen atoms in total. The highest BCUT2D eigenvalue weighted by Crippen LogP contribution is 2.54. The van der Waals surface area contributed by atoms with E-state index in [2.05, 4.69) is 32.4 Å². The number of H-pyrrole nitrogens is 2. The number of hydrogen-bond donors (Lipinski definition) is 5. The van der Waals surface area contributed by atoms with Gasteiger partial charge in [-0.3, -0.25) is 9.59 Å². The van der Waals surface area contributed by atoms with Crippen molar-refractivity contribution in [2.24, 2.45) is 23.7 Å². The van der Waals surface area contributed by atoms with Crippen molar-refractivity contribution in [2.75, 3.05) is 7.11 Å². The average molecular weight is 807 g/mol. The molecule has 4 fully saturated rings. The second kappa shape index (κ2) is 15.5. The molecule has 302 valence electrons. The van der Waals surface area contributed by atoms with E-state index in [4.69, 9.17) is 26.3 Å². The van der Waals surface area contributed by atoms with Crippen LogP contribution in [0.3, 0.4) is 0 Å². The van der Waals surface area contributed by atoms with Crippen molar-refractivity contribution in [1.82, 2.24) is 40.4 Å². The number of aromatic nitrogens is 4. The summed E-state index contributed by atoms with van der Waals surface area (Å²) in [7, 11) is 1.29. The van der Waals surface area contributed by atoms with Gasteiger partial charge in [0.2, 0.25) is 11.8 Å². The van der Waals surface area contributed by atoms with Crippen molar-refractivity contribution in [3.8, 4) is 34.4 Å². The van der Waals surface area contributed by atoms with E-state index in [1.54, 1.807) is 11.1 Å². The number of benzene rings is 2. The van der Waals surface area contributed by atoms with Crippen LogP contribution in [0.4, 0.5) is 9.59 Å². The summed E-state index contributed by atoms with van der Waals surface area (Å²) < 4.78 is 4.78. The zero-order chi connectivity index (χ0) is 41.0. The van der Waals surface area contributed by atoms with Crippen LogP contribution in [0.1, 0.15) is 88.2 Å². The number of rotatable bonds is 10. The van der Waals surface area contributed by atoms with Gasteiger partial charge in [-0.05, 0) is 79.2 Å². The minimum absolute atomic E-state index is 0.0777. The molecule has 2 aliphatic carbocycles. The Kier molecular flexibility index (Phi) is 10.4. The van der Waals surface area contributed by atoms with Crippen LogP contribution in [0, 0.1) is 35.5 Å². The Balaban J connectivity index is 0.919. The highest BCUT2D eigenvalue weighted by Gasteiger charge is 2.57. The Hall–Kier alpha value is -5.81. The maximum Gasteiger partial charge on any atom is 0.407 e. The van der Waals surface area contributed by atoms with E-state index in [1.165, 1.54) is 7.11 Å². The molecule has 2 aromatic carbocycles. The number of ether oxygens (including phenoxy) is 1. The van der Waals surface area contributed by atoms with Crippen molar-refractivity contribution in [2.45, 2.75) is 89.6 Å². The van der Waals surface area contributed by atoms with Crippen LogP contribution in [-0.2, 0) is 14.3 Å². The Morgan fingerprint density at radius 1 is 0.776 bits per heavy atom. The summed E-state index contributed by atoms with van der Waals surface area (Å²) in [4.78, 5) is 70.7. The number of piperidine rings is 2. The maximum atomic E-state index is 13.7. The molecule has 15 heteroatoms. The van der Waals surface area contributed by atoms with Gasteiger partial charge in [-0.2, -0.15) is 0 Å². The number of hydrogen-bond acceptors (Lipinski definition) is 7. The molecule has 0 bridgehead atoms. The van der Waals surface area contributed by atoms with Gasteiger partial charge in [0.05, 0.1) is 31.1 Å². The van der Waals surface area contributed by atoms with E-state index in [-0.39, 0.29) is 47.8 Å². The van der Waals surface area contributed by atoms with Gasteiger partial charge in [0.1, 0.15) is 34.6 Å². The number of amides is 4. The second-order valence-electron chi connectivity index (χ2n) is 16.5. The predicted molar refractivity (Wildman–Crippen MR) is 215 cm³/mol. The number of fused-ring (bicyclic) bond motifs is 2. The molecule has 2 aromatic heterocycles. The number of halogens is 1. The summed E-state index contributed by atoms with van der Waals surface area (Å²) in [5, 5.41) is 14.9. The fraction of sp³-hybridized carbons (Fsp3) is 0.442. The highest BCUT2D eigenvalue weighted by molar-refractivity contribution is 6.31. The van der Waals surface area contributed by atoms with Crippen molar-refractivity contribution >= 4 is 35.6 Å². The largest absolute Gasteiger partial charge is 0.465 e. The predicted octanol–water partition coefficient (Wildman–Crippen LogP) is 6.52. The normalized spacial score (nSPS) is 23.7. The molecule has 0 radical (unpaired) electrons. The summed E-state index contributed by atoms with van der Waals surface area (Å²) in [5.41, 5.74) is 4.80. The number of likely N-dealkylation sites (tertiary alicyclic amines) is 2. The third-order valence-corrected chi connectivity index (χ3v) is 12.2. The minimum Gasteiger partial charge on any atom is -0.465 e. The lowest BCUT2D eigenvalue weighted by Gasteiger charge is -2.31. The molecule has 2 saturated carbocycles. The van der Waals surface area contributed by atoms with Crippen molar-refractivity contribution in [3.63, 3.8) is 0 Å². The standard InChI is InChI=1S/C43H47ClN8O6/c1-21(2)34(48-42(55)56)40(53)52-31-17-28(31)19-33(52)39-47-36(37(44)50-39)26-14-10-24(11-15-26)7-6-23-8-12-25(13-9-23)29-20-45-38(46-29)32-18-27-16-30(27)51(32)41(54)35(22(3)4)49-43(57)58-5/h8-15,20-22,27-28,30-35,48H,16-19H2,1-5H3,(H,45,46)(H,47,50)(H,49,57)(H,55,56)/t27-,28+,30+,31+,32-,33-,34-,35-/m0/s1. The van der Waals surface area contributed by atoms with E-state index < -0.39 is 24.3 Å². The fourth-order valence-electron chi connectivity index (χ4n) is 8.66. The number of alkyl carbamates (subject to hydrolysis) is 1.